The number of hydrogen-bond donors (Lipinski definition) is 0. The Morgan fingerprint density at radius 1 is 1.14 bits per heavy atom. The van der Waals surface area contributed by atoms with Crippen LogP contribution in [0.5, 0.6) is 0 Å². The van der Waals surface area contributed by atoms with Crippen molar-refractivity contribution in [2.24, 2.45) is 0 Å². The zero-order valence-electron chi connectivity index (χ0n) is 13.0. The third-order valence-electron chi connectivity index (χ3n) is 3.84. The molecule has 0 saturated heterocycles. The largest absolute Gasteiger partial charge is 0.382 e. The van der Waals surface area contributed by atoms with Crippen LogP contribution in [0.4, 0.5) is 0 Å². The van der Waals surface area contributed by atoms with Crippen molar-refractivity contribution in [2.75, 3.05) is 20.3 Å². The van der Waals surface area contributed by atoms with Crippen LogP contribution >= 0.6 is 0 Å². The zero-order chi connectivity index (χ0) is 15.7. The first-order valence-corrected chi connectivity index (χ1v) is 7.19. The summed E-state index contributed by atoms with van der Waals surface area (Å²) in [6.07, 6.45) is 0. The summed E-state index contributed by atoms with van der Waals surface area (Å²) in [4.78, 5) is 17.2. The predicted octanol–water partition coefficient (Wildman–Crippen LogP) is 1.89. The van der Waals surface area contributed by atoms with E-state index >= 15 is 0 Å². The normalized spacial score (nSPS) is 11.6. The highest BCUT2D eigenvalue weighted by Crippen LogP contribution is 2.19. The number of imidazole rings is 1. The van der Waals surface area contributed by atoms with Gasteiger partial charge in [-0.15, -0.1) is 0 Å². The molecule has 0 aliphatic carbocycles. The molecule has 0 aliphatic heterocycles. The lowest BCUT2D eigenvalue weighted by molar-refractivity contribution is 0.0372. The van der Waals surface area contributed by atoms with Gasteiger partial charge in [0.15, 0.2) is 0 Å². The minimum atomic E-state index is -0.0330. The monoisotopic (exact) mass is 301 g/mol. The quantitative estimate of drug-likeness (QED) is 0.675. The van der Waals surface area contributed by atoms with Crippen LogP contribution in [-0.4, -0.2) is 34.3 Å². The molecular weight excluding hydrogens is 282 g/mol. The van der Waals surface area contributed by atoms with E-state index in [1.54, 1.807) is 18.4 Å². The average Bonchev–Trinajstić information content (AvgIpc) is 2.83. The number of aromatic nitrogens is 3. The number of para-hydroxylation sites is 2. The van der Waals surface area contributed by atoms with Crippen molar-refractivity contribution in [1.82, 2.24) is 14.0 Å². The molecule has 2 heterocycles. The smallest absolute Gasteiger partial charge is 0.262 e. The summed E-state index contributed by atoms with van der Waals surface area (Å²) in [6, 6.07) is 7.75. The van der Waals surface area contributed by atoms with E-state index < -0.39 is 0 Å². The first kappa shape index (κ1) is 14.7. The van der Waals surface area contributed by atoms with Crippen LogP contribution in [-0.2, 0) is 16.2 Å². The van der Waals surface area contributed by atoms with Crippen molar-refractivity contribution in [3.63, 3.8) is 0 Å². The summed E-state index contributed by atoms with van der Waals surface area (Å²) in [5.41, 5.74) is 3.14. The van der Waals surface area contributed by atoms with Gasteiger partial charge >= 0.3 is 0 Å². The number of fused-ring (bicyclic) bond motifs is 3. The number of aryl methyl sites for hydroxylation is 1. The average molecular weight is 301 g/mol. The van der Waals surface area contributed by atoms with Crippen LogP contribution in [0, 0.1) is 13.8 Å². The lowest BCUT2D eigenvalue weighted by atomic mass is 10.2. The Bertz CT molecular complexity index is 880. The molecule has 6 nitrogen and oxygen atoms in total. The molecule has 0 aliphatic rings. The Balaban J connectivity index is 2.22. The first-order chi connectivity index (χ1) is 10.6. The van der Waals surface area contributed by atoms with Crippen LogP contribution in [0.1, 0.15) is 11.3 Å². The molecule has 0 unspecified atom stereocenters. The van der Waals surface area contributed by atoms with E-state index in [0.29, 0.717) is 31.3 Å². The Morgan fingerprint density at radius 3 is 2.59 bits per heavy atom. The van der Waals surface area contributed by atoms with Crippen LogP contribution in [0.3, 0.4) is 0 Å². The summed E-state index contributed by atoms with van der Waals surface area (Å²) < 4.78 is 14.2. The Kier molecular flexibility index (Phi) is 3.96. The maximum Gasteiger partial charge on any atom is 0.262 e. The van der Waals surface area contributed by atoms with Crippen molar-refractivity contribution < 1.29 is 9.47 Å². The number of rotatable bonds is 5. The predicted molar refractivity (Wildman–Crippen MR) is 84.3 cm³/mol. The maximum absolute atomic E-state index is 12.6. The fourth-order valence-corrected chi connectivity index (χ4v) is 2.51. The minimum absolute atomic E-state index is 0.0330. The second kappa shape index (κ2) is 5.90. The SMILES string of the molecule is COCCOCn1c2ccccc2n2c(=O)c(C)c(C)nc12. The summed E-state index contributed by atoms with van der Waals surface area (Å²) in [6.45, 7) is 5.00. The van der Waals surface area contributed by atoms with E-state index in [1.807, 2.05) is 35.8 Å². The molecule has 2 aromatic heterocycles. The molecule has 0 atom stereocenters. The van der Waals surface area contributed by atoms with Gasteiger partial charge < -0.3 is 9.47 Å². The van der Waals surface area contributed by atoms with Gasteiger partial charge in [0.05, 0.1) is 24.2 Å². The van der Waals surface area contributed by atoms with Gasteiger partial charge in [-0.25, -0.2) is 9.38 Å². The molecule has 22 heavy (non-hydrogen) atoms. The van der Waals surface area contributed by atoms with Crippen molar-refractivity contribution >= 4 is 16.8 Å². The lowest BCUT2D eigenvalue weighted by Crippen LogP contribution is -2.19. The summed E-state index contributed by atoms with van der Waals surface area (Å²) in [7, 11) is 1.64. The van der Waals surface area contributed by atoms with Crippen LogP contribution in [0.2, 0.25) is 0 Å². The van der Waals surface area contributed by atoms with Gasteiger partial charge in [-0.3, -0.25) is 9.36 Å². The van der Waals surface area contributed by atoms with E-state index in [0.717, 1.165) is 16.7 Å². The number of methoxy groups -OCH3 is 1. The molecule has 0 N–H and O–H groups in total. The molecule has 3 rings (SSSR count). The minimum Gasteiger partial charge on any atom is -0.382 e. The number of hydrogen-bond acceptors (Lipinski definition) is 4. The highest BCUT2D eigenvalue weighted by Gasteiger charge is 2.15. The summed E-state index contributed by atoms with van der Waals surface area (Å²) in [5.74, 6) is 0.603. The van der Waals surface area contributed by atoms with Gasteiger partial charge in [0.1, 0.15) is 6.73 Å². The third kappa shape index (κ3) is 2.30. The Labute approximate surface area is 127 Å². The van der Waals surface area contributed by atoms with Gasteiger partial charge in [0.25, 0.3) is 5.56 Å². The van der Waals surface area contributed by atoms with Crippen molar-refractivity contribution in [3.8, 4) is 0 Å². The van der Waals surface area contributed by atoms with Gasteiger partial charge in [0, 0.05) is 18.4 Å². The molecule has 6 heteroatoms. The van der Waals surface area contributed by atoms with Gasteiger partial charge in [-0.2, -0.15) is 0 Å². The highest BCUT2D eigenvalue weighted by molar-refractivity contribution is 5.80. The maximum atomic E-state index is 12.6. The Morgan fingerprint density at radius 2 is 1.86 bits per heavy atom. The number of nitrogens with zero attached hydrogens (tertiary/aromatic N) is 3. The van der Waals surface area contributed by atoms with Gasteiger partial charge in [-0.1, -0.05) is 12.1 Å². The summed E-state index contributed by atoms with van der Waals surface area (Å²) >= 11 is 0. The molecule has 0 saturated carbocycles. The molecule has 0 fully saturated rings. The van der Waals surface area contributed by atoms with E-state index in [1.165, 1.54) is 0 Å². The van der Waals surface area contributed by atoms with Crippen LogP contribution in [0.25, 0.3) is 16.8 Å². The second-order valence-electron chi connectivity index (χ2n) is 5.21. The molecule has 3 aromatic rings. The van der Waals surface area contributed by atoms with E-state index in [-0.39, 0.29) is 5.56 Å². The van der Waals surface area contributed by atoms with E-state index in [9.17, 15) is 4.79 Å². The molecule has 0 amide bonds. The lowest BCUT2D eigenvalue weighted by Gasteiger charge is -2.07. The third-order valence-corrected chi connectivity index (χ3v) is 3.84. The van der Waals surface area contributed by atoms with Gasteiger partial charge in [0.2, 0.25) is 5.78 Å². The standard InChI is InChI=1S/C16H19N3O3/c1-11-12(2)17-16-18(10-22-9-8-21-3)13-6-4-5-7-14(13)19(16)15(11)20/h4-7H,8-10H2,1-3H3. The van der Waals surface area contributed by atoms with Crippen LogP contribution < -0.4 is 5.56 Å². The van der Waals surface area contributed by atoms with E-state index in [2.05, 4.69) is 4.98 Å². The molecule has 0 radical (unpaired) electrons. The van der Waals surface area contributed by atoms with Crippen molar-refractivity contribution in [1.29, 1.82) is 0 Å². The molecule has 116 valence electrons. The fraction of sp³-hybridized carbons (Fsp3) is 0.375. The van der Waals surface area contributed by atoms with Gasteiger partial charge in [-0.05, 0) is 26.0 Å². The molecule has 1 aromatic carbocycles. The van der Waals surface area contributed by atoms with Crippen molar-refractivity contribution in [2.45, 2.75) is 20.6 Å². The second-order valence-corrected chi connectivity index (χ2v) is 5.21. The number of ether oxygens (including phenoxy) is 2. The molecule has 0 bridgehead atoms. The number of benzene rings is 1. The molecular formula is C16H19N3O3. The zero-order valence-corrected chi connectivity index (χ0v) is 13.0. The first-order valence-electron chi connectivity index (χ1n) is 7.19. The van der Waals surface area contributed by atoms with E-state index in [4.69, 9.17) is 9.47 Å². The Hall–Kier alpha value is -2.18. The molecule has 0 spiro atoms. The summed E-state index contributed by atoms with van der Waals surface area (Å²) in [5, 5.41) is 0. The van der Waals surface area contributed by atoms with Crippen LogP contribution in [0.15, 0.2) is 29.1 Å². The van der Waals surface area contributed by atoms with Crippen molar-refractivity contribution in [3.05, 3.63) is 45.9 Å². The fourth-order valence-electron chi connectivity index (χ4n) is 2.51. The topological polar surface area (TPSA) is 57.8 Å². The highest BCUT2D eigenvalue weighted by atomic mass is 16.5.